The molecule has 0 spiro atoms. The highest BCUT2D eigenvalue weighted by atomic mass is 16.6. The van der Waals surface area contributed by atoms with E-state index in [1.54, 1.807) is 0 Å². The molecule has 4 aliphatic rings. The molecule has 0 aromatic carbocycles. The molecule has 0 aromatic rings. The second-order valence-electron chi connectivity index (χ2n) is 18.5. The molecule has 2 bridgehead atoms. The van der Waals surface area contributed by atoms with Crippen LogP contribution in [0.2, 0.25) is 0 Å². The standard InChI is InChI=1S/C38H62O7/c1-11-36(26-39)23-37(30(42)44-34(9)18-14-15-19-34)21-32(7,28(40)43-33(8)16-12-13-17-33)22-38(24-36,25-37)45-29(41)35(10,27(2)3)20-31(4,5)6/h26-27H,11-25H2,1-10H3. The molecule has 0 aromatic heterocycles. The minimum atomic E-state index is -1.20. The van der Waals surface area contributed by atoms with E-state index in [0.717, 1.165) is 57.7 Å². The molecule has 7 nitrogen and oxygen atoms in total. The van der Waals surface area contributed by atoms with E-state index in [1.807, 2.05) is 48.5 Å². The normalized spacial score (nSPS) is 35.4. The van der Waals surface area contributed by atoms with Crippen LogP contribution in [0.3, 0.4) is 0 Å². The summed E-state index contributed by atoms with van der Waals surface area (Å²) in [7, 11) is 0. The molecular formula is C38H62O7. The Balaban J connectivity index is 1.83. The van der Waals surface area contributed by atoms with Gasteiger partial charge in [-0.05, 0) is 122 Å². The van der Waals surface area contributed by atoms with Crippen molar-refractivity contribution in [2.24, 2.45) is 33.0 Å². The topological polar surface area (TPSA) is 96.0 Å². The van der Waals surface area contributed by atoms with Crippen molar-refractivity contribution in [2.75, 3.05) is 0 Å². The quantitative estimate of drug-likeness (QED) is 0.135. The fourth-order valence-corrected chi connectivity index (χ4v) is 9.83. The number of carbonyl (C=O) groups is 4. The Kier molecular flexibility index (Phi) is 9.54. The third-order valence-electron chi connectivity index (χ3n) is 12.3. The van der Waals surface area contributed by atoms with E-state index in [4.69, 9.17) is 14.2 Å². The number of hydrogen-bond acceptors (Lipinski definition) is 7. The van der Waals surface area contributed by atoms with Crippen LogP contribution >= 0.6 is 0 Å². The third-order valence-corrected chi connectivity index (χ3v) is 12.3. The van der Waals surface area contributed by atoms with Crippen LogP contribution in [0.15, 0.2) is 0 Å². The van der Waals surface area contributed by atoms with Gasteiger partial charge in [-0.2, -0.15) is 0 Å². The maximum atomic E-state index is 14.6. The second kappa shape index (κ2) is 12.0. The van der Waals surface area contributed by atoms with Crippen LogP contribution in [-0.4, -0.2) is 41.0 Å². The lowest BCUT2D eigenvalue weighted by Gasteiger charge is -2.60. The zero-order valence-corrected chi connectivity index (χ0v) is 30.1. The van der Waals surface area contributed by atoms with E-state index in [1.165, 1.54) is 0 Å². The molecule has 0 heterocycles. The van der Waals surface area contributed by atoms with Crippen LogP contribution in [0.1, 0.15) is 166 Å². The number of carbonyl (C=O) groups excluding carboxylic acids is 4. The number of aldehydes is 1. The SMILES string of the molecule is CCC1(C=O)CC2(OC(=O)C(C)(CC(C)(C)C)C(C)C)CC(C)(C(=O)OC3(C)CCCC3)CC(C(=O)OC3(C)CCCC3)(C1)C2. The Bertz CT molecular complexity index is 1150. The highest BCUT2D eigenvalue weighted by Gasteiger charge is 2.69. The Morgan fingerprint density at radius 3 is 1.69 bits per heavy atom. The lowest BCUT2D eigenvalue weighted by molar-refractivity contribution is -0.232. The second-order valence-corrected chi connectivity index (χ2v) is 18.5. The zero-order valence-electron chi connectivity index (χ0n) is 30.1. The largest absolute Gasteiger partial charge is 0.459 e. The van der Waals surface area contributed by atoms with Crippen molar-refractivity contribution in [3.05, 3.63) is 0 Å². The van der Waals surface area contributed by atoms with Crippen molar-refractivity contribution >= 4 is 24.2 Å². The zero-order chi connectivity index (χ0) is 33.7. The first kappa shape index (κ1) is 35.9. The summed E-state index contributed by atoms with van der Waals surface area (Å²) in [6.07, 6.45) is 10.5. The summed E-state index contributed by atoms with van der Waals surface area (Å²) in [6.45, 7) is 20.3. The highest BCUT2D eigenvalue weighted by Crippen LogP contribution is 2.65. The molecule has 0 aliphatic heterocycles. The first-order chi connectivity index (χ1) is 20.6. The Morgan fingerprint density at radius 2 is 1.24 bits per heavy atom. The Morgan fingerprint density at radius 1 is 0.733 bits per heavy atom. The van der Waals surface area contributed by atoms with E-state index in [2.05, 4.69) is 20.8 Å². The molecule has 45 heavy (non-hydrogen) atoms. The molecule has 0 radical (unpaired) electrons. The van der Waals surface area contributed by atoms with E-state index < -0.39 is 38.5 Å². The lowest BCUT2D eigenvalue weighted by Crippen LogP contribution is -2.64. The summed E-state index contributed by atoms with van der Waals surface area (Å²) in [4.78, 5) is 56.5. The monoisotopic (exact) mass is 630 g/mol. The van der Waals surface area contributed by atoms with Gasteiger partial charge in [0, 0.05) is 18.3 Å². The molecule has 0 saturated heterocycles. The van der Waals surface area contributed by atoms with Crippen LogP contribution in [0.25, 0.3) is 0 Å². The fraction of sp³-hybridized carbons (Fsp3) is 0.895. The van der Waals surface area contributed by atoms with Crippen molar-refractivity contribution < 1.29 is 33.4 Å². The van der Waals surface area contributed by atoms with Gasteiger partial charge in [-0.1, -0.05) is 41.5 Å². The van der Waals surface area contributed by atoms with Gasteiger partial charge in [0.05, 0.1) is 16.2 Å². The summed E-state index contributed by atoms with van der Waals surface area (Å²) in [6, 6.07) is 0. The molecule has 5 unspecified atom stereocenters. The molecule has 7 heteroatoms. The van der Waals surface area contributed by atoms with Crippen molar-refractivity contribution in [1.29, 1.82) is 0 Å². The van der Waals surface area contributed by atoms with Gasteiger partial charge < -0.3 is 19.0 Å². The van der Waals surface area contributed by atoms with Crippen LogP contribution in [0.4, 0.5) is 0 Å². The number of rotatable bonds is 10. The molecule has 5 atom stereocenters. The molecule has 0 N–H and O–H groups in total. The maximum Gasteiger partial charge on any atom is 0.312 e. The number of ether oxygens (including phenoxy) is 3. The van der Waals surface area contributed by atoms with Crippen LogP contribution < -0.4 is 0 Å². The van der Waals surface area contributed by atoms with E-state index >= 15 is 0 Å². The average molecular weight is 631 g/mol. The summed E-state index contributed by atoms with van der Waals surface area (Å²) in [5.41, 5.74) is -6.39. The minimum Gasteiger partial charge on any atom is -0.459 e. The van der Waals surface area contributed by atoms with Gasteiger partial charge in [-0.15, -0.1) is 0 Å². The van der Waals surface area contributed by atoms with Gasteiger partial charge in [-0.25, -0.2) is 0 Å². The van der Waals surface area contributed by atoms with Crippen LogP contribution in [0, 0.1) is 33.0 Å². The van der Waals surface area contributed by atoms with E-state index in [0.29, 0.717) is 12.8 Å². The average Bonchev–Trinajstić information content (AvgIpc) is 3.54. The summed E-state index contributed by atoms with van der Waals surface area (Å²) in [5, 5.41) is 0. The maximum absolute atomic E-state index is 14.6. The predicted molar refractivity (Wildman–Crippen MR) is 174 cm³/mol. The van der Waals surface area contributed by atoms with Crippen molar-refractivity contribution in [3.63, 3.8) is 0 Å². The molecule has 4 saturated carbocycles. The highest BCUT2D eigenvalue weighted by molar-refractivity contribution is 5.84. The molecule has 4 fully saturated rings. The van der Waals surface area contributed by atoms with Crippen molar-refractivity contribution in [3.8, 4) is 0 Å². The first-order valence-corrected chi connectivity index (χ1v) is 17.8. The summed E-state index contributed by atoms with van der Waals surface area (Å²) < 4.78 is 19.5. The first-order valence-electron chi connectivity index (χ1n) is 17.8. The predicted octanol–water partition coefficient (Wildman–Crippen LogP) is 8.68. The Labute approximate surface area is 272 Å². The van der Waals surface area contributed by atoms with Gasteiger partial charge in [-0.3, -0.25) is 14.4 Å². The van der Waals surface area contributed by atoms with Gasteiger partial charge in [0.15, 0.2) is 0 Å². The third kappa shape index (κ3) is 7.17. The number of esters is 3. The van der Waals surface area contributed by atoms with Crippen molar-refractivity contribution in [1.82, 2.24) is 0 Å². The van der Waals surface area contributed by atoms with Crippen LogP contribution in [-0.2, 0) is 33.4 Å². The number of fused-ring (bicyclic) bond motifs is 2. The van der Waals surface area contributed by atoms with Gasteiger partial charge >= 0.3 is 17.9 Å². The minimum absolute atomic E-state index is 0.00878. The van der Waals surface area contributed by atoms with Crippen molar-refractivity contribution in [2.45, 2.75) is 182 Å². The van der Waals surface area contributed by atoms with Gasteiger partial charge in [0.1, 0.15) is 23.1 Å². The summed E-state index contributed by atoms with van der Waals surface area (Å²) >= 11 is 0. The summed E-state index contributed by atoms with van der Waals surface area (Å²) in [5.74, 6) is -1.03. The molecule has 256 valence electrons. The smallest absolute Gasteiger partial charge is 0.312 e. The van der Waals surface area contributed by atoms with E-state index in [9.17, 15) is 19.2 Å². The molecule has 0 amide bonds. The molecule has 4 rings (SSSR count). The van der Waals surface area contributed by atoms with Gasteiger partial charge in [0.2, 0.25) is 0 Å². The van der Waals surface area contributed by atoms with Gasteiger partial charge in [0.25, 0.3) is 0 Å². The fourth-order valence-electron chi connectivity index (χ4n) is 9.83. The lowest BCUT2D eigenvalue weighted by atomic mass is 9.46. The van der Waals surface area contributed by atoms with E-state index in [-0.39, 0.29) is 61.3 Å². The molecule has 4 aliphatic carbocycles. The molecular weight excluding hydrogens is 568 g/mol. The van der Waals surface area contributed by atoms with Crippen LogP contribution in [0.5, 0.6) is 0 Å². The Hall–Kier alpha value is -1.92. The number of hydrogen-bond donors (Lipinski definition) is 0.